The molecular weight excluding hydrogens is 272 g/mol. The molecule has 0 saturated heterocycles. The molecule has 0 fully saturated rings. The molecule has 21 heavy (non-hydrogen) atoms. The lowest BCUT2D eigenvalue weighted by atomic mass is 10.1. The predicted octanol–water partition coefficient (Wildman–Crippen LogP) is 1.24. The summed E-state index contributed by atoms with van der Waals surface area (Å²) in [5.74, 6) is -1.86. The number of hydrogen-bond donors (Lipinski definition) is 3. The molecule has 0 aliphatic carbocycles. The highest BCUT2D eigenvalue weighted by Crippen LogP contribution is 2.11. The highest BCUT2D eigenvalue weighted by atomic mass is 16.4. The first-order chi connectivity index (χ1) is 10.1. The van der Waals surface area contributed by atoms with Gasteiger partial charge in [-0.2, -0.15) is 0 Å². The Hall–Kier alpha value is -2.73. The molecule has 0 aliphatic rings. The van der Waals surface area contributed by atoms with Gasteiger partial charge in [0.25, 0.3) is 5.91 Å². The molecule has 0 radical (unpaired) electrons. The Kier molecular flexibility index (Phi) is 4.63. The maximum absolute atomic E-state index is 12.0. The van der Waals surface area contributed by atoms with Crippen LogP contribution in [0.5, 0.6) is 0 Å². The first kappa shape index (κ1) is 14.7. The average molecular weight is 286 g/mol. The highest BCUT2D eigenvalue weighted by molar-refractivity contribution is 6.03. The van der Waals surface area contributed by atoms with E-state index in [2.05, 4.69) is 10.3 Å². The largest absolute Gasteiger partial charge is 0.478 e. The minimum Gasteiger partial charge on any atom is -0.478 e. The molecule has 1 heterocycles. The van der Waals surface area contributed by atoms with Gasteiger partial charge in [0.15, 0.2) is 0 Å². The number of carboxylic acid groups (broad SMARTS) is 1. The number of benzene rings is 1. The van der Waals surface area contributed by atoms with Crippen molar-refractivity contribution in [2.45, 2.75) is 6.10 Å². The van der Waals surface area contributed by atoms with Gasteiger partial charge in [0, 0.05) is 12.7 Å². The summed E-state index contributed by atoms with van der Waals surface area (Å²) in [6.45, 7) is -0.0293. The number of nitrogens with zero attached hydrogens (tertiary/aromatic N) is 1. The summed E-state index contributed by atoms with van der Waals surface area (Å²) in [6.07, 6.45) is 0.474. The molecule has 1 aromatic heterocycles. The molecule has 0 spiro atoms. The molecule has 6 heteroatoms. The molecule has 0 saturated carbocycles. The van der Waals surface area contributed by atoms with Gasteiger partial charge in [-0.15, -0.1) is 0 Å². The van der Waals surface area contributed by atoms with Crippen LogP contribution in [0.15, 0.2) is 48.7 Å². The van der Waals surface area contributed by atoms with Crippen LogP contribution in [0.3, 0.4) is 0 Å². The summed E-state index contributed by atoms with van der Waals surface area (Å²) < 4.78 is 0. The van der Waals surface area contributed by atoms with Gasteiger partial charge in [-0.25, -0.2) is 4.79 Å². The van der Waals surface area contributed by atoms with Crippen molar-refractivity contribution in [2.75, 3.05) is 6.54 Å². The molecule has 3 N–H and O–H groups in total. The van der Waals surface area contributed by atoms with Crippen molar-refractivity contribution in [3.8, 4) is 0 Å². The Balaban J connectivity index is 2.04. The second-order valence-corrected chi connectivity index (χ2v) is 4.34. The standard InChI is InChI=1S/C15H14N2O4/c18-12(10-5-2-1-3-6-10)9-17-14(19)13-11(15(20)21)7-4-8-16-13/h1-8,12,18H,9H2,(H,17,19)(H,20,21). The monoisotopic (exact) mass is 286 g/mol. The zero-order chi connectivity index (χ0) is 15.2. The molecule has 108 valence electrons. The van der Waals surface area contributed by atoms with Gasteiger partial charge in [-0.3, -0.25) is 9.78 Å². The van der Waals surface area contributed by atoms with Crippen molar-refractivity contribution in [1.29, 1.82) is 0 Å². The first-order valence-electron chi connectivity index (χ1n) is 6.29. The fraction of sp³-hybridized carbons (Fsp3) is 0.133. The molecule has 2 rings (SSSR count). The van der Waals surface area contributed by atoms with Crippen LogP contribution in [0, 0.1) is 0 Å². The van der Waals surface area contributed by atoms with Crippen LogP contribution in [-0.2, 0) is 0 Å². The predicted molar refractivity (Wildman–Crippen MR) is 74.9 cm³/mol. The smallest absolute Gasteiger partial charge is 0.338 e. The number of aromatic nitrogens is 1. The van der Waals surface area contributed by atoms with Crippen molar-refractivity contribution in [3.63, 3.8) is 0 Å². The van der Waals surface area contributed by atoms with E-state index in [0.29, 0.717) is 5.56 Å². The van der Waals surface area contributed by atoms with Gasteiger partial charge >= 0.3 is 5.97 Å². The minimum atomic E-state index is -1.23. The summed E-state index contributed by atoms with van der Waals surface area (Å²) in [4.78, 5) is 26.8. The number of aromatic carboxylic acids is 1. The lowest BCUT2D eigenvalue weighted by Gasteiger charge is -2.12. The number of aliphatic hydroxyl groups excluding tert-OH is 1. The minimum absolute atomic E-state index is 0.0293. The number of carbonyl (C=O) groups is 2. The lowest BCUT2D eigenvalue weighted by Crippen LogP contribution is -2.30. The van der Waals surface area contributed by atoms with Crippen LogP contribution < -0.4 is 5.32 Å². The second-order valence-electron chi connectivity index (χ2n) is 4.34. The van der Waals surface area contributed by atoms with Gasteiger partial charge in [0.1, 0.15) is 5.69 Å². The summed E-state index contributed by atoms with van der Waals surface area (Å²) in [7, 11) is 0. The van der Waals surface area contributed by atoms with Crippen molar-refractivity contribution < 1.29 is 19.8 Å². The number of amides is 1. The fourth-order valence-electron chi connectivity index (χ4n) is 1.82. The number of rotatable bonds is 5. The van der Waals surface area contributed by atoms with Crippen molar-refractivity contribution in [1.82, 2.24) is 10.3 Å². The molecule has 1 atom stereocenters. The summed E-state index contributed by atoms with van der Waals surface area (Å²) in [5, 5.41) is 21.4. The van der Waals surface area contributed by atoms with E-state index in [-0.39, 0.29) is 17.8 Å². The quantitative estimate of drug-likeness (QED) is 0.768. The molecular formula is C15H14N2O4. The molecule has 0 bridgehead atoms. The van der Waals surface area contributed by atoms with Crippen LogP contribution in [0.1, 0.15) is 32.5 Å². The number of aliphatic hydroxyl groups is 1. The summed E-state index contributed by atoms with van der Waals surface area (Å²) >= 11 is 0. The lowest BCUT2D eigenvalue weighted by molar-refractivity contribution is 0.0689. The van der Waals surface area contributed by atoms with Gasteiger partial charge in [-0.05, 0) is 17.7 Å². The van der Waals surface area contributed by atoms with E-state index in [1.165, 1.54) is 18.3 Å². The van der Waals surface area contributed by atoms with Crippen molar-refractivity contribution in [2.24, 2.45) is 0 Å². The Labute approximate surface area is 121 Å². The topological polar surface area (TPSA) is 99.5 Å². The number of hydrogen-bond acceptors (Lipinski definition) is 4. The third kappa shape index (κ3) is 3.64. The highest BCUT2D eigenvalue weighted by Gasteiger charge is 2.18. The van der Waals surface area contributed by atoms with Gasteiger partial charge in [0.2, 0.25) is 0 Å². The Morgan fingerprint density at radius 1 is 1.14 bits per heavy atom. The Morgan fingerprint density at radius 2 is 1.86 bits per heavy atom. The third-order valence-corrected chi connectivity index (χ3v) is 2.89. The zero-order valence-electron chi connectivity index (χ0n) is 11.1. The second kappa shape index (κ2) is 6.62. The number of carbonyl (C=O) groups excluding carboxylic acids is 1. The fourth-order valence-corrected chi connectivity index (χ4v) is 1.82. The van der Waals surface area contributed by atoms with Crippen LogP contribution in [0.2, 0.25) is 0 Å². The molecule has 1 amide bonds. The molecule has 1 aromatic carbocycles. The van der Waals surface area contributed by atoms with Gasteiger partial charge < -0.3 is 15.5 Å². The van der Waals surface area contributed by atoms with Crippen LogP contribution >= 0.6 is 0 Å². The summed E-state index contributed by atoms with van der Waals surface area (Å²) in [5.41, 5.74) is 0.312. The number of nitrogens with one attached hydrogen (secondary N) is 1. The van der Waals surface area contributed by atoms with E-state index in [4.69, 9.17) is 5.11 Å². The maximum Gasteiger partial charge on any atom is 0.338 e. The van der Waals surface area contributed by atoms with Crippen LogP contribution in [0.25, 0.3) is 0 Å². The zero-order valence-corrected chi connectivity index (χ0v) is 11.1. The Bertz CT molecular complexity index is 643. The molecule has 6 nitrogen and oxygen atoms in total. The van der Waals surface area contributed by atoms with Gasteiger partial charge in [-0.1, -0.05) is 30.3 Å². The molecule has 0 aliphatic heterocycles. The van der Waals surface area contributed by atoms with E-state index in [0.717, 1.165) is 0 Å². The average Bonchev–Trinajstić information content (AvgIpc) is 2.53. The van der Waals surface area contributed by atoms with Crippen LogP contribution in [0.4, 0.5) is 0 Å². The van der Waals surface area contributed by atoms with E-state index in [1.807, 2.05) is 6.07 Å². The van der Waals surface area contributed by atoms with E-state index < -0.39 is 18.0 Å². The molecule has 2 aromatic rings. The van der Waals surface area contributed by atoms with E-state index in [9.17, 15) is 14.7 Å². The van der Waals surface area contributed by atoms with E-state index >= 15 is 0 Å². The van der Waals surface area contributed by atoms with Gasteiger partial charge in [0.05, 0.1) is 11.7 Å². The van der Waals surface area contributed by atoms with Crippen molar-refractivity contribution >= 4 is 11.9 Å². The van der Waals surface area contributed by atoms with Crippen LogP contribution in [-0.4, -0.2) is 33.6 Å². The number of pyridine rings is 1. The number of carboxylic acids is 1. The molecule has 1 unspecified atom stereocenters. The first-order valence-corrected chi connectivity index (χ1v) is 6.29. The summed E-state index contributed by atoms with van der Waals surface area (Å²) in [6, 6.07) is 11.6. The third-order valence-electron chi connectivity index (χ3n) is 2.89. The van der Waals surface area contributed by atoms with E-state index in [1.54, 1.807) is 24.3 Å². The SMILES string of the molecule is O=C(O)c1cccnc1C(=O)NCC(O)c1ccccc1. The normalized spacial score (nSPS) is 11.7. The maximum atomic E-state index is 12.0. The Morgan fingerprint density at radius 3 is 2.52 bits per heavy atom. The van der Waals surface area contributed by atoms with Crippen molar-refractivity contribution in [3.05, 3.63) is 65.5 Å².